The average Bonchev–Trinajstić information content (AvgIpc) is 2.76. The molecule has 1 aliphatic carbocycles. The highest BCUT2D eigenvalue weighted by Gasteiger charge is 2.22. The van der Waals surface area contributed by atoms with Gasteiger partial charge in [-0.1, -0.05) is 25.7 Å². The number of carbonyl (C=O) groups excluding carboxylic acids is 1. The fourth-order valence-electron chi connectivity index (χ4n) is 2.32. The Morgan fingerprint density at radius 3 is 2.29 bits per heavy atom. The van der Waals surface area contributed by atoms with Crippen molar-refractivity contribution < 1.29 is 18.0 Å². The zero-order valence-corrected chi connectivity index (χ0v) is 9.31. The Kier molecular flexibility index (Phi) is 3.50. The van der Waals surface area contributed by atoms with Crippen LogP contribution in [0.5, 0.6) is 0 Å². The molecule has 0 bridgehead atoms. The molecule has 0 radical (unpaired) electrons. The second-order valence-electron chi connectivity index (χ2n) is 4.52. The first-order chi connectivity index (χ1) is 8.08. The molecule has 0 saturated heterocycles. The molecule has 92 valence electrons. The van der Waals surface area contributed by atoms with Crippen molar-refractivity contribution in [3.63, 3.8) is 0 Å². The minimum atomic E-state index is -1.26. The van der Waals surface area contributed by atoms with Gasteiger partial charge in [-0.25, -0.2) is 13.2 Å². The van der Waals surface area contributed by atoms with Crippen LogP contribution in [0.1, 0.15) is 42.5 Å². The Morgan fingerprint density at radius 1 is 1.06 bits per heavy atom. The standard InChI is InChI=1S/C13H13F3O/c14-10-7-12(16)11(15)6-9(10)13(17)5-8-3-1-2-4-8/h6-8H,1-5H2. The Bertz CT molecular complexity index is 437. The summed E-state index contributed by atoms with van der Waals surface area (Å²) in [5, 5.41) is 0. The van der Waals surface area contributed by atoms with E-state index in [4.69, 9.17) is 0 Å². The van der Waals surface area contributed by atoms with Gasteiger partial charge in [0.25, 0.3) is 0 Å². The van der Waals surface area contributed by atoms with Gasteiger partial charge in [-0.3, -0.25) is 4.79 Å². The van der Waals surface area contributed by atoms with Crippen LogP contribution in [-0.2, 0) is 0 Å². The highest BCUT2D eigenvalue weighted by Crippen LogP contribution is 2.29. The van der Waals surface area contributed by atoms with E-state index in [9.17, 15) is 18.0 Å². The fraction of sp³-hybridized carbons (Fsp3) is 0.462. The van der Waals surface area contributed by atoms with E-state index in [1.807, 2.05) is 0 Å². The molecule has 0 atom stereocenters. The maximum atomic E-state index is 13.3. The molecule has 0 N–H and O–H groups in total. The predicted octanol–water partition coefficient (Wildman–Crippen LogP) is 3.87. The summed E-state index contributed by atoms with van der Waals surface area (Å²) in [6.45, 7) is 0. The number of Topliss-reactive ketones (excluding diaryl/α,β-unsaturated/α-hetero) is 1. The van der Waals surface area contributed by atoms with Gasteiger partial charge in [-0.2, -0.15) is 0 Å². The summed E-state index contributed by atoms with van der Waals surface area (Å²) in [6, 6.07) is 1.08. The van der Waals surface area contributed by atoms with E-state index < -0.39 is 23.2 Å². The van der Waals surface area contributed by atoms with E-state index in [2.05, 4.69) is 0 Å². The molecular weight excluding hydrogens is 229 g/mol. The lowest BCUT2D eigenvalue weighted by atomic mass is 9.96. The molecule has 0 spiro atoms. The van der Waals surface area contributed by atoms with Gasteiger partial charge in [0.05, 0.1) is 5.56 Å². The Balaban J connectivity index is 2.15. The first-order valence-corrected chi connectivity index (χ1v) is 5.75. The fourth-order valence-corrected chi connectivity index (χ4v) is 2.32. The number of hydrogen-bond acceptors (Lipinski definition) is 1. The Hall–Kier alpha value is -1.32. The van der Waals surface area contributed by atoms with Crippen molar-refractivity contribution in [2.45, 2.75) is 32.1 Å². The van der Waals surface area contributed by atoms with Crippen LogP contribution < -0.4 is 0 Å². The summed E-state index contributed by atoms with van der Waals surface area (Å²) in [7, 11) is 0. The summed E-state index contributed by atoms with van der Waals surface area (Å²) < 4.78 is 39.0. The molecule has 1 aliphatic rings. The molecule has 1 saturated carbocycles. The van der Waals surface area contributed by atoms with E-state index in [1.165, 1.54) is 0 Å². The minimum Gasteiger partial charge on any atom is -0.294 e. The lowest BCUT2D eigenvalue weighted by Crippen LogP contribution is -2.09. The number of ketones is 1. The predicted molar refractivity (Wildman–Crippen MR) is 57.2 cm³/mol. The quantitative estimate of drug-likeness (QED) is 0.581. The second kappa shape index (κ2) is 4.90. The second-order valence-corrected chi connectivity index (χ2v) is 4.52. The molecule has 1 fully saturated rings. The molecule has 0 amide bonds. The summed E-state index contributed by atoms with van der Waals surface area (Å²) in [5.74, 6) is -3.60. The lowest BCUT2D eigenvalue weighted by molar-refractivity contribution is 0.0957. The molecular formula is C13H13F3O. The first-order valence-electron chi connectivity index (χ1n) is 5.75. The van der Waals surface area contributed by atoms with Gasteiger partial charge in [0.1, 0.15) is 5.82 Å². The highest BCUT2D eigenvalue weighted by molar-refractivity contribution is 5.96. The topological polar surface area (TPSA) is 17.1 Å². The third-order valence-corrected chi connectivity index (χ3v) is 3.26. The highest BCUT2D eigenvalue weighted by atomic mass is 19.2. The molecule has 1 aromatic rings. The van der Waals surface area contributed by atoms with Crippen LogP contribution >= 0.6 is 0 Å². The van der Waals surface area contributed by atoms with Gasteiger partial charge in [0.15, 0.2) is 17.4 Å². The maximum absolute atomic E-state index is 13.3. The summed E-state index contributed by atoms with van der Waals surface area (Å²) in [4.78, 5) is 11.8. The molecule has 4 heteroatoms. The third kappa shape index (κ3) is 2.68. The number of halogens is 3. The van der Waals surface area contributed by atoms with Crippen LogP contribution in [-0.4, -0.2) is 5.78 Å². The van der Waals surface area contributed by atoms with E-state index in [1.54, 1.807) is 0 Å². The molecule has 2 rings (SSSR count). The van der Waals surface area contributed by atoms with Crippen molar-refractivity contribution in [1.82, 2.24) is 0 Å². The van der Waals surface area contributed by atoms with E-state index in [0.717, 1.165) is 25.7 Å². The molecule has 0 heterocycles. The molecule has 1 aromatic carbocycles. The number of rotatable bonds is 3. The Morgan fingerprint density at radius 2 is 1.65 bits per heavy atom. The van der Waals surface area contributed by atoms with Gasteiger partial charge in [0.2, 0.25) is 0 Å². The zero-order valence-electron chi connectivity index (χ0n) is 9.31. The van der Waals surface area contributed by atoms with E-state index in [-0.39, 0.29) is 17.9 Å². The zero-order chi connectivity index (χ0) is 12.4. The molecule has 17 heavy (non-hydrogen) atoms. The summed E-state index contributed by atoms with van der Waals surface area (Å²) in [6.07, 6.45) is 4.30. The van der Waals surface area contributed by atoms with Crippen LogP contribution in [0.15, 0.2) is 12.1 Å². The van der Waals surface area contributed by atoms with Crippen LogP contribution in [0.4, 0.5) is 13.2 Å². The molecule has 0 unspecified atom stereocenters. The minimum absolute atomic E-state index is 0.224. The van der Waals surface area contributed by atoms with E-state index >= 15 is 0 Å². The van der Waals surface area contributed by atoms with Gasteiger partial charge >= 0.3 is 0 Å². The number of benzene rings is 1. The SMILES string of the molecule is O=C(CC1CCCC1)c1cc(F)c(F)cc1F. The third-order valence-electron chi connectivity index (χ3n) is 3.26. The summed E-state index contributed by atoms with van der Waals surface area (Å²) in [5.41, 5.74) is -0.337. The van der Waals surface area contributed by atoms with Crippen molar-refractivity contribution in [3.8, 4) is 0 Å². The van der Waals surface area contributed by atoms with Gasteiger partial charge < -0.3 is 0 Å². The van der Waals surface area contributed by atoms with E-state index in [0.29, 0.717) is 12.1 Å². The number of carbonyl (C=O) groups is 1. The van der Waals surface area contributed by atoms with Crippen molar-refractivity contribution in [1.29, 1.82) is 0 Å². The van der Waals surface area contributed by atoms with Gasteiger partial charge in [-0.15, -0.1) is 0 Å². The number of hydrogen-bond donors (Lipinski definition) is 0. The van der Waals surface area contributed by atoms with Crippen molar-refractivity contribution >= 4 is 5.78 Å². The molecule has 0 aromatic heterocycles. The van der Waals surface area contributed by atoms with Crippen molar-refractivity contribution in [2.75, 3.05) is 0 Å². The maximum Gasteiger partial charge on any atom is 0.166 e. The molecule has 1 nitrogen and oxygen atoms in total. The smallest absolute Gasteiger partial charge is 0.166 e. The average molecular weight is 242 g/mol. The van der Waals surface area contributed by atoms with Crippen molar-refractivity contribution in [2.24, 2.45) is 5.92 Å². The van der Waals surface area contributed by atoms with Crippen LogP contribution in [0.25, 0.3) is 0 Å². The van der Waals surface area contributed by atoms with Crippen LogP contribution in [0.3, 0.4) is 0 Å². The van der Waals surface area contributed by atoms with Crippen LogP contribution in [0.2, 0.25) is 0 Å². The monoisotopic (exact) mass is 242 g/mol. The Labute approximate surface area is 97.6 Å². The largest absolute Gasteiger partial charge is 0.294 e. The van der Waals surface area contributed by atoms with Gasteiger partial charge in [0, 0.05) is 12.5 Å². The lowest BCUT2D eigenvalue weighted by Gasteiger charge is -2.08. The normalized spacial score (nSPS) is 16.4. The van der Waals surface area contributed by atoms with Crippen molar-refractivity contribution in [3.05, 3.63) is 35.1 Å². The molecule has 0 aliphatic heterocycles. The van der Waals surface area contributed by atoms with Crippen LogP contribution in [0, 0.1) is 23.4 Å². The van der Waals surface area contributed by atoms with Gasteiger partial charge in [-0.05, 0) is 12.0 Å². The first kappa shape index (κ1) is 12.1. The summed E-state index contributed by atoms with van der Waals surface area (Å²) >= 11 is 0.